The number of aromatic nitrogens is 1. The molecule has 5 N–H and O–H groups in total. The third kappa shape index (κ3) is 9.78. The van der Waals surface area contributed by atoms with Crippen molar-refractivity contribution in [1.29, 1.82) is 0 Å². The molecule has 2 rings (SSSR count). The molecule has 0 saturated carbocycles. The zero-order valence-corrected chi connectivity index (χ0v) is 19.9. The summed E-state index contributed by atoms with van der Waals surface area (Å²) in [5, 5.41) is 11.2. The Balaban J connectivity index is 0. The van der Waals surface area contributed by atoms with E-state index in [9.17, 15) is 9.90 Å². The lowest BCUT2D eigenvalue weighted by Gasteiger charge is -2.16. The maximum atomic E-state index is 11.5. The summed E-state index contributed by atoms with van der Waals surface area (Å²) in [7, 11) is 0. The number of hydrazine groups is 1. The van der Waals surface area contributed by atoms with Crippen molar-refractivity contribution in [3.8, 4) is 0 Å². The standard InChI is InChI=1S/C19H20N4O2.3C2H6/c1-3-4-5-8-13(2)16(20)12-23(21)18-11-15(19(24)25)14-9-6-7-10-17(14)22-18;3*1-2/h3-12H,2,20-21H2,1H3,(H,24,25);3*1-2H3/b4-3-,8-5-,16-12-;;;. The summed E-state index contributed by atoms with van der Waals surface area (Å²) in [6, 6.07) is 8.38. The van der Waals surface area contributed by atoms with E-state index in [0.717, 1.165) is 0 Å². The summed E-state index contributed by atoms with van der Waals surface area (Å²) in [6.45, 7) is 17.8. The van der Waals surface area contributed by atoms with Gasteiger partial charge in [0.15, 0.2) is 0 Å². The molecule has 0 saturated heterocycles. The number of nitrogens with zero attached hydrogens (tertiary/aromatic N) is 2. The lowest BCUT2D eigenvalue weighted by molar-refractivity contribution is 0.0699. The minimum Gasteiger partial charge on any atom is -0.478 e. The minimum atomic E-state index is -1.05. The normalized spacial score (nSPS) is 10.4. The van der Waals surface area contributed by atoms with E-state index >= 15 is 0 Å². The quantitative estimate of drug-likeness (QED) is 0.289. The van der Waals surface area contributed by atoms with Gasteiger partial charge in [-0.1, -0.05) is 90.6 Å². The molecule has 0 amide bonds. The van der Waals surface area contributed by atoms with Crippen molar-refractivity contribution in [1.82, 2.24) is 4.98 Å². The number of carboxylic acids is 1. The van der Waals surface area contributed by atoms with Gasteiger partial charge in [-0.3, -0.25) is 5.01 Å². The van der Waals surface area contributed by atoms with E-state index in [1.807, 2.05) is 60.6 Å². The molecule has 0 spiro atoms. The SMILES string of the molecule is C=C(/C=C\C=C/C)/C(N)=C/N(N)c1cc(C(=O)O)c2ccccc2n1.CC.CC.CC. The van der Waals surface area contributed by atoms with Gasteiger partial charge in [0.05, 0.1) is 16.8 Å². The van der Waals surface area contributed by atoms with Gasteiger partial charge in [-0.2, -0.15) is 0 Å². The largest absolute Gasteiger partial charge is 0.478 e. The molecule has 0 radical (unpaired) electrons. The number of aromatic carboxylic acids is 1. The average Bonchev–Trinajstić information content (AvgIpc) is 2.82. The van der Waals surface area contributed by atoms with Crippen molar-refractivity contribution in [3.05, 3.63) is 84.2 Å². The number of hydrogen-bond donors (Lipinski definition) is 3. The van der Waals surface area contributed by atoms with Crippen molar-refractivity contribution in [2.45, 2.75) is 48.5 Å². The molecule has 0 atom stereocenters. The molecular weight excluding hydrogens is 388 g/mol. The van der Waals surface area contributed by atoms with E-state index in [4.69, 9.17) is 11.6 Å². The van der Waals surface area contributed by atoms with E-state index in [0.29, 0.717) is 22.2 Å². The van der Waals surface area contributed by atoms with Crippen LogP contribution < -0.4 is 16.6 Å². The van der Waals surface area contributed by atoms with E-state index in [2.05, 4.69) is 11.6 Å². The molecular formula is C25H38N4O2. The first-order valence-electron chi connectivity index (χ1n) is 10.6. The van der Waals surface area contributed by atoms with Crippen LogP contribution in [0.2, 0.25) is 0 Å². The Bertz CT molecular complexity index is 900. The van der Waals surface area contributed by atoms with E-state index in [1.165, 1.54) is 17.3 Å². The Morgan fingerprint density at radius 1 is 1.10 bits per heavy atom. The van der Waals surface area contributed by atoms with Crippen LogP contribution in [0.15, 0.2) is 78.7 Å². The Hall–Kier alpha value is -3.38. The van der Waals surface area contributed by atoms with Crippen molar-refractivity contribution in [3.63, 3.8) is 0 Å². The van der Waals surface area contributed by atoms with Crippen LogP contribution in [0, 0.1) is 0 Å². The molecule has 6 heteroatoms. The first kappa shape index (κ1) is 29.8. The van der Waals surface area contributed by atoms with Crippen molar-refractivity contribution >= 4 is 22.7 Å². The van der Waals surface area contributed by atoms with Gasteiger partial charge in [0.25, 0.3) is 0 Å². The summed E-state index contributed by atoms with van der Waals surface area (Å²) in [4.78, 5) is 15.9. The Labute approximate surface area is 187 Å². The van der Waals surface area contributed by atoms with Crippen LogP contribution in [-0.4, -0.2) is 16.1 Å². The third-order valence-electron chi connectivity index (χ3n) is 3.45. The molecule has 170 valence electrons. The van der Waals surface area contributed by atoms with Gasteiger partial charge in [-0.25, -0.2) is 15.6 Å². The topological polar surface area (TPSA) is 105 Å². The van der Waals surface area contributed by atoms with Gasteiger partial charge in [-0.15, -0.1) is 0 Å². The van der Waals surface area contributed by atoms with E-state index in [1.54, 1.807) is 36.4 Å². The number of pyridine rings is 1. The highest BCUT2D eigenvalue weighted by molar-refractivity contribution is 6.03. The number of para-hydroxylation sites is 1. The number of allylic oxidation sites excluding steroid dienone is 4. The fourth-order valence-corrected chi connectivity index (χ4v) is 2.15. The highest BCUT2D eigenvalue weighted by atomic mass is 16.4. The second-order valence-electron chi connectivity index (χ2n) is 5.25. The summed E-state index contributed by atoms with van der Waals surface area (Å²) in [5.41, 5.74) is 7.54. The predicted molar refractivity (Wildman–Crippen MR) is 135 cm³/mol. The highest BCUT2D eigenvalue weighted by Gasteiger charge is 2.13. The summed E-state index contributed by atoms with van der Waals surface area (Å²) in [5.74, 6) is 5.21. The number of carbonyl (C=O) groups is 1. The van der Waals surface area contributed by atoms with Crippen LogP contribution in [0.25, 0.3) is 10.9 Å². The zero-order valence-electron chi connectivity index (χ0n) is 19.9. The van der Waals surface area contributed by atoms with Gasteiger partial charge < -0.3 is 10.8 Å². The van der Waals surface area contributed by atoms with Crippen molar-refractivity contribution < 1.29 is 9.90 Å². The molecule has 0 fully saturated rings. The minimum absolute atomic E-state index is 0.120. The van der Waals surface area contributed by atoms with E-state index in [-0.39, 0.29) is 11.4 Å². The Kier molecular flexibility index (Phi) is 16.8. The number of rotatable bonds is 6. The Morgan fingerprint density at radius 2 is 1.68 bits per heavy atom. The molecule has 0 aliphatic carbocycles. The predicted octanol–water partition coefficient (Wildman–Crippen LogP) is 6.18. The first-order chi connectivity index (χ1) is 14.9. The number of carboxylic acid groups (broad SMARTS) is 1. The average molecular weight is 427 g/mol. The number of anilines is 1. The van der Waals surface area contributed by atoms with Gasteiger partial charge in [-0.05, 0) is 24.6 Å². The number of hydrogen-bond acceptors (Lipinski definition) is 5. The fourth-order valence-electron chi connectivity index (χ4n) is 2.15. The van der Waals surface area contributed by atoms with Gasteiger partial charge in [0, 0.05) is 11.6 Å². The Morgan fingerprint density at radius 3 is 2.23 bits per heavy atom. The van der Waals surface area contributed by atoms with Crippen molar-refractivity contribution in [2.75, 3.05) is 5.01 Å². The van der Waals surface area contributed by atoms with Crippen LogP contribution in [0.4, 0.5) is 5.82 Å². The van der Waals surface area contributed by atoms with Crippen LogP contribution >= 0.6 is 0 Å². The van der Waals surface area contributed by atoms with Crippen LogP contribution in [-0.2, 0) is 0 Å². The van der Waals surface area contributed by atoms with Crippen LogP contribution in [0.3, 0.4) is 0 Å². The molecule has 6 nitrogen and oxygen atoms in total. The molecule has 0 aliphatic rings. The number of benzene rings is 1. The molecule has 1 aromatic carbocycles. The second-order valence-corrected chi connectivity index (χ2v) is 5.25. The number of fused-ring (bicyclic) bond motifs is 1. The second kappa shape index (κ2) is 17.5. The highest BCUT2D eigenvalue weighted by Crippen LogP contribution is 2.22. The van der Waals surface area contributed by atoms with Gasteiger partial charge in [0.2, 0.25) is 0 Å². The molecule has 2 aromatic rings. The first-order valence-corrected chi connectivity index (χ1v) is 10.6. The van der Waals surface area contributed by atoms with Gasteiger partial charge >= 0.3 is 5.97 Å². The molecule has 0 unspecified atom stereocenters. The summed E-state index contributed by atoms with van der Waals surface area (Å²) >= 11 is 0. The van der Waals surface area contributed by atoms with Gasteiger partial charge in [0.1, 0.15) is 5.82 Å². The molecule has 31 heavy (non-hydrogen) atoms. The monoisotopic (exact) mass is 426 g/mol. The van der Waals surface area contributed by atoms with E-state index < -0.39 is 5.97 Å². The molecule has 0 bridgehead atoms. The third-order valence-corrected chi connectivity index (χ3v) is 3.45. The smallest absolute Gasteiger partial charge is 0.336 e. The lowest BCUT2D eigenvalue weighted by atomic mass is 10.1. The fraction of sp³-hybridized carbons (Fsp3) is 0.280. The lowest BCUT2D eigenvalue weighted by Crippen LogP contribution is -2.27. The molecule has 1 aromatic heterocycles. The van der Waals surface area contributed by atoms with Crippen LogP contribution in [0.1, 0.15) is 58.8 Å². The van der Waals surface area contributed by atoms with Crippen molar-refractivity contribution in [2.24, 2.45) is 11.6 Å². The molecule has 1 heterocycles. The maximum Gasteiger partial charge on any atom is 0.336 e. The molecule has 0 aliphatic heterocycles. The zero-order chi connectivity index (χ0) is 24.4. The summed E-state index contributed by atoms with van der Waals surface area (Å²) in [6.07, 6.45) is 8.73. The number of nitrogens with two attached hydrogens (primary N) is 2. The van der Waals surface area contributed by atoms with Crippen LogP contribution in [0.5, 0.6) is 0 Å². The summed E-state index contributed by atoms with van der Waals surface area (Å²) < 4.78 is 0. The maximum absolute atomic E-state index is 11.5.